The van der Waals surface area contributed by atoms with Crippen LogP contribution in [0.1, 0.15) is 47.4 Å². The molecule has 1 heterocycles. The number of carbonyl (C=O) groups is 1. The van der Waals surface area contributed by atoms with Crippen molar-refractivity contribution < 1.29 is 9.53 Å². The molecule has 0 fully saturated rings. The van der Waals surface area contributed by atoms with Gasteiger partial charge in [0.1, 0.15) is 11.3 Å². The molecule has 1 amide bonds. The van der Waals surface area contributed by atoms with Gasteiger partial charge in [0.25, 0.3) is 5.91 Å². The first-order chi connectivity index (χ1) is 12.3. The van der Waals surface area contributed by atoms with Gasteiger partial charge in [0, 0.05) is 23.3 Å². The average molecular weight is 420 g/mol. The van der Waals surface area contributed by atoms with Crippen molar-refractivity contribution in [1.29, 1.82) is 0 Å². The first-order valence-corrected chi connectivity index (χ1v) is 9.58. The fraction of sp³-hybridized carbons (Fsp3) is 0.400. The van der Waals surface area contributed by atoms with Gasteiger partial charge in [0.15, 0.2) is 0 Å². The fourth-order valence-corrected chi connectivity index (χ4v) is 3.74. The fourth-order valence-electron chi connectivity index (χ4n) is 3.06. The van der Waals surface area contributed by atoms with Crippen molar-refractivity contribution in [2.45, 2.75) is 41.0 Å². The molecule has 0 atom stereocenters. The van der Waals surface area contributed by atoms with Gasteiger partial charge in [-0.3, -0.25) is 4.79 Å². The number of aryl methyl sites for hydroxylation is 3. The lowest BCUT2D eigenvalue weighted by atomic mass is 10.1. The molecule has 2 rings (SSSR count). The number of rotatable bonds is 7. The molecule has 1 aromatic heterocycles. The van der Waals surface area contributed by atoms with Crippen LogP contribution in [0, 0.1) is 20.8 Å². The van der Waals surface area contributed by atoms with Crippen LogP contribution in [-0.2, 0) is 0 Å². The minimum Gasteiger partial charge on any atom is -0.438 e. The van der Waals surface area contributed by atoms with E-state index in [0.717, 1.165) is 46.5 Å². The highest BCUT2D eigenvalue weighted by molar-refractivity contribution is 9.10. The van der Waals surface area contributed by atoms with Gasteiger partial charge in [-0.15, -0.1) is 0 Å². The van der Waals surface area contributed by atoms with E-state index in [-0.39, 0.29) is 5.88 Å². The van der Waals surface area contributed by atoms with Crippen molar-refractivity contribution >= 4 is 27.5 Å². The zero-order chi connectivity index (χ0) is 19.4. The minimum atomic E-state index is -0.538. The smallest absolute Gasteiger partial charge is 0.256 e. The summed E-state index contributed by atoms with van der Waals surface area (Å²) < 4.78 is 7.10. The number of hydrogen-bond acceptors (Lipinski definition) is 4. The van der Waals surface area contributed by atoms with Crippen LogP contribution < -0.4 is 15.4 Å². The van der Waals surface area contributed by atoms with Crippen LogP contribution in [0.3, 0.4) is 0 Å². The van der Waals surface area contributed by atoms with Crippen LogP contribution in [0.2, 0.25) is 0 Å². The predicted octanol–water partition coefficient (Wildman–Crippen LogP) is 4.90. The molecule has 140 valence electrons. The van der Waals surface area contributed by atoms with Gasteiger partial charge < -0.3 is 15.4 Å². The van der Waals surface area contributed by atoms with Gasteiger partial charge >= 0.3 is 0 Å². The van der Waals surface area contributed by atoms with E-state index in [4.69, 9.17) is 10.5 Å². The molecule has 0 aliphatic heterocycles. The van der Waals surface area contributed by atoms with Crippen LogP contribution in [0.5, 0.6) is 11.6 Å². The maximum atomic E-state index is 12.3. The SMILES string of the molecule is CCCN(CC)c1cc(C)nc(Oc2c(C)cc(Br)cc2C)c1C(N)=O. The third-order valence-corrected chi connectivity index (χ3v) is 4.64. The van der Waals surface area contributed by atoms with Gasteiger partial charge in [-0.25, -0.2) is 4.98 Å². The van der Waals surface area contributed by atoms with Crippen molar-refractivity contribution in [3.63, 3.8) is 0 Å². The number of benzene rings is 1. The first-order valence-electron chi connectivity index (χ1n) is 8.79. The Labute approximate surface area is 163 Å². The lowest BCUT2D eigenvalue weighted by Crippen LogP contribution is -2.28. The maximum absolute atomic E-state index is 12.3. The number of aromatic nitrogens is 1. The second kappa shape index (κ2) is 8.54. The number of carbonyl (C=O) groups excluding carboxylic acids is 1. The normalized spacial score (nSPS) is 10.7. The molecule has 0 bridgehead atoms. The largest absolute Gasteiger partial charge is 0.438 e. The summed E-state index contributed by atoms with van der Waals surface area (Å²) in [5.41, 5.74) is 9.51. The second-order valence-corrected chi connectivity index (χ2v) is 7.29. The average Bonchev–Trinajstić information content (AvgIpc) is 2.54. The zero-order valence-corrected chi connectivity index (χ0v) is 17.6. The molecule has 26 heavy (non-hydrogen) atoms. The van der Waals surface area contributed by atoms with Crippen LogP contribution in [0.4, 0.5) is 5.69 Å². The summed E-state index contributed by atoms with van der Waals surface area (Å²) in [7, 11) is 0. The lowest BCUT2D eigenvalue weighted by molar-refractivity contribution is 0.0998. The highest BCUT2D eigenvalue weighted by Crippen LogP contribution is 2.35. The number of amides is 1. The standard InChI is InChI=1S/C20H26BrN3O2/c1-6-8-24(7-2)16-11-14(5)23-20(17(16)19(22)25)26-18-12(3)9-15(21)10-13(18)4/h9-11H,6-8H2,1-5H3,(H2,22,25). The summed E-state index contributed by atoms with van der Waals surface area (Å²) in [6.07, 6.45) is 0.967. The Morgan fingerprint density at radius 2 is 1.81 bits per heavy atom. The molecule has 5 nitrogen and oxygen atoms in total. The topological polar surface area (TPSA) is 68.5 Å². The summed E-state index contributed by atoms with van der Waals surface area (Å²) in [5, 5.41) is 0. The molecule has 0 aliphatic carbocycles. The van der Waals surface area contributed by atoms with E-state index in [1.165, 1.54) is 0 Å². The molecular weight excluding hydrogens is 394 g/mol. The van der Waals surface area contributed by atoms with Gasteiger partial charge in [-0.05, 0) is 63.4 Å². The van der Waals surface area contributed by atoms with E-state index in [0.29, 0.717) is 11.3 Å². The molecular formula is C20H26BrN3O2. The number of anilines is 1. The Kier molecular flexibility index (Phi) is 6.64. The second-order valence-electron chi connectivity index (χ2n) is 6.38. The Hall–Kier alpha value is -2.08. The van der Waals surface area contributed by atoms with Gasteiger partial charge in [0.05, 0.1) is 5.69 Å². The van der Waals surface area contributed by atoms with Gasteiger partial charge in [-0.2, -0.15) is 0 Å². The Morgan fingerprint density at radius 3 is 2.31 bits per heavy atom. The zero-order valence-electron chi connectivity index (χ0n) is 16.0. The van der Waals surface area contributed by atoms with E-state index in [9.17, 15) is 4.79 Å². The van der Waals surface area contributed by atoms with Crippen LogP contribution >= 0.6 is 15.9 Å². The third-order valence-electron chi connectivity index (χ3n) is 4.18. The highest BCUT2D eigenvalue weighted by Gasteiger charge is 2.22. The highest BCUT2D eigenvalue weighted by atomic mass is 79.9. The predicted molar refractivity (Wildman–Crippen MR) is 109 cm³/mol. The molecule has 0 aliphatic rings. The van der Waals surface area contributed by atoms with E-state index in [1.54, 1.807) is 0 Å². The molecule has 0 saturated heterocycles. The summed E-state index contributed by atoms with van der Waals surface area (Å²) in [6.45, 7) is 11.6. The Balaban J connectivity index is 2.62. The molecule has 1 aromatic carbocycles. The summed E-state index contributed by atoms with van der Waals surface area (Å²) >= 11 is 3.49. The molecule has 0 unspecified atom stereocenters. The molecule has 0 saturated carbocycles. The van der Waals surface area contributed by atoms with E-state index in [1.807, 2.05) is 39.0 Å². The number of hydrogen-bond donors (Lipinski definition) is 1. The summed E-state index contributed by atoms with van der Waals surface area (Å²) in [6, 6.07) is 5.84. The summed E-state index contributed by atoms with van der Waals surface area (Å²) in [5.74, 6) is 0.415. The van der Waals surface area contributed by atoms with E-state index >= 15 is 0 Å². The maximum Gasteiger partial charge on any atom is 0.256 e. The van der Waals surface area contributed by atoms with Crippen molar-refractivity contribution in [3.05, 3.63) is 45.1 Å². The van der Waals surface area contributed by atoms with Gasteiger partial charge in [0.2, 0.25) is 5.88 Å². The van der Waals surface area contributed by atoms with Crippen molar-refractivity contribution in [2.75, 3.05) is 18.0 Å². The number of ether oxygens (including phenoxy) is 1. The Bertz CT molecular complexity index is 798. The van der Waals surface area contributed by atoms with Crippen molar-refractivity contribution in [2.24, 2.45) is 5.73 Å². The van der Waals surface area contributed by atoms with E-state index in [2.05, 4.69) is 39.7 Å². The van der Waals surface area contributed by atoms with Crippen LogP contribution in [0.25, 0.3) is 0 Å². The molecule has 2 N–H and O–H groups in total. The number of halogens is 1. The number of nitrogens with two attached hydrogens (primary N) is 1. The summed E-state index contributed by atoms with van der Waals surface area (Å²) in [4.78, 5) is 18.9. The van der Waals surface area contributed by atoms with Crippen LogP contribution in [0.15, 0.2) is 22.7 Å². The van der Waals surface area contributed by atoms with Crippen molar-refractivity contribution in [1.82, 2.24) is 4.98 Å². The third kappa shape index (κ3) is 4.36. The number of pyridine rings is 1. The van der Waals surface area contributed by atoms with Crippen molar-refractivity contribution in [3.8, 4) is 11.6 Å². The Morgan fingerprint density at radius 1 is 1.19 bits per heavy atom. The van der Waals surface area contributed by atoms with E-state index < -0.39 is 5.91 Å². The van der Waals surface area contributed by atoms with Crippen LogP contribution in [-0.4, -0.2) is 24.0 Å². The van der Waals surface area contributed by atoms with Gasteiger partial charge in [-0.1, -0.05) is 22.9 Å². The number of nitrogens with zero attached hydrogens (tertiary/aromatic N) is 2. The lowest BCUT2D eigenvalue weighted by Gasteiger charge is -2.26. The first kappa shape index (κ1) is 20.2. The molecule has 0 radical (unpaired) electrons. The monoisotopic (exact) mass is 419 g/mol. The molecule has 2 aromatic rings. The molecule has 0 spiro atoms. The number of primary amides is 1. The molecule has 6 heteroatoms. The minimum absolute atomic E-state index is 0.260. The quantitative estimate of drug-likeness (QED) is 0.692.